The standard InChI is InChI=1S/C18H20ClN3O3/c1-12-10-21(7-5-13-3-4-14(19)9-15(12)13)17(24)11-22-8-6-16(23)20(2)18(22)25/h3-4,6,8-9,12H,5,7,10-11H2,1-2H3. The number of amides is 1. The van der Waals surface area contributed by atoms with Crippen molar-refractivity contribution in [2.24, 2.45) is 7.05 Å². The molecular formula is C18H20ClN3O3. The first-order valence-electron chi connectivity index (χ1n) is 8.19. The molecule has 1 aromatic carbocycles. The van der Waals surface area contributed by atoms with Gasteiger partial charge in [0.15, 0.2) is 0 Å². The Kier molecular flexibility index (Phi) is 4.81. The van der Waals surface area contributed by atoms with Gasteiger partial charge in [0.2, 0.25) is 5.91 Å². The maximum absolute atomic E-state index is 12.7. The highest BCUT2D eigenvalue weighted by molar-refractivity contribution is 6.30. The molecule has 25 heavy (non-hydrogen) atoms. The second-order valence-electron chi connectivity index (χ2n) is 6.46. The molecule has 1 aromatic heterocycles. The van der Waals surface area contributed by atoms with E-state index >= 15 is 0 Å². The van der Waals surface area contributed by atoms with E-state index in [9.17, 15) is 14.4 Å². The smallest absolute Gasteiger partial charge is 0.331 e. The van der Waals surface area contributed by atoms with E-state index in [0.717, 1.165) is 11.0 Å². The van der Waals surface area contributed by atoms with Crippen LogP contribution in [0.3, 0.4) is 0 Å². The maximum Gasteiger partial charge on any atom is 0.331 e. The highest BCUT2D eigenvalue weighted by Gasteiger charge is 2.24. The van der Waals surface area contributed by atoms with Crippen LogP contribution in [0, 0.1) is 0 Å². The first-order valence-corrected chi connectivity index (χ1v) is 8.57. The van der Waals surface area contributed by atoms with Crippen LogP contribution in [-0.4, -0.2) is 33.0 Å². The Morgan fingerprint density at radius 2 is 2.04 bits per heavy atom. The van der Waals surface area contributed by atoms with Crippen molar-refractivity contribution in [3.05, 3.63) is 67.4 Å². The van der Waals surface area contributed by atoms with Crippen molar-refractivity contribution in [2.75, 3.05) is 13.1 Å². The molecule has 0 spiro atoms. The summed E-state index contributed by atoms with van der Waals surface area (Å²) in [6.45, 7) is 3.17. The molecule has 2 heterocycles. The lowest BCUT2D eigenvalue weighted by molar-refractivity contribution is -0.132. The van der Waals surface area contributed by atoms with Gasteiger partial charge in [0.1, 0.15) is 6.54 Å². The summed E-state index contributed by atoms with van der Waals surface area (Å²) < 4.78 is 2.26. The monoisotopic (exact) mass is 361 g/mol. The zero-order valence-corrected chi connectivity index (χ0v) is 15.0. The largest absolute Gasteiger partial charge is 0.340 e. The Labute approximate surface area is 150 Å². The summed E-state index contributed by atoms with van der Waals surface area (Å²) in [4.78, 5) is 38.0. The first-order chi connectivity index (χ1) is 11.9. The van der Waals surface area contributed by atoms with Gasteiger partial charge in [0.25, 0.3) is 5.56 Å². The second-order valence-corrected chi connectivity index (χ2v) is 6.89. The van der Waals surface area contributed by atoms with Crippen LogP contribution in [0.25, 0.3) is 0 Å². The maximum atomic E-state index is 12.7. The molecule has 0 radical (unpaired) electrons. The summed E-state index contributed by atoms with van der Waals surface area (Å²) in [7, 11) is 1.40. The van der Waals surface area contributed by atoms with Crippen molar-refractivity contribution >= 4 is 17.5 Å². The highest BCUT2D eigenvalue weighted by Crippen LogP contribution is 2.28. The predicted octanol–water partition coefficient (Wildman–Crippen LogP) is 1.39. The third kappa shape index (κ3) is 3.54. The Hall–Kier alpha value is -2.34. The fourth-order valence-corrected chi connectivity index (χ4v) is 3.42. The molecule has 1 unspecified atom stereocenters. The average Bonchev–Trinajstić information content (AvgIpc) is 2.75. The lowest BCUT2D eigenvalue weighted by Crippen LogP contribution is -2.42. The molecule has 1 aliphatic heterocycles. The van der Waals surface area contributed by atoms with E-state index < -0.39 is 5.69 Å². The van der Waals surface area contributed by atoms with Crippen molar-refractivity contribution in [3.63, 3.8) is 0 Å². The molecule has 0 saturated heterocycles. The molecule has 7 heteroatoms. The number of rotatable bonds is 2. The Bertz CT molecular complexity index is 932. The number of carbonyl (C=O) groups excluding carboxylic acids is 1. The summed E-state index contributed by atoms with van der Waals surface area (Å²) in [6.07, 6.45) is 2.13. The van der Waals surface area contributed by atoms with Gasteiger partial charge in [0, 0.05) is 37.4 Å². The molecule has 3 rings (SSSR count). The molecule has 0 aliphatic carbocycles. The molecule has 0 saturated carbocycles. The van der Waals surface area contributed by atoms with E-state index in [2.05, 4.69) is 6.92 Å². The van der Waals surface area contributed by atoms with Crippen LogP contribution in [-0.2, 0) is 24.8 Å². The summed E-state index contributed by atoms with van der Waals surface area (Å²) in [6, 6.07) is 7.14. The van der Waals surface area contributed by atoms with Gasteiger partial charge in [-0.1, -0.05) is 24.6 Å². The van der Waals surface area contributed by atoms with Gasteiger partial charge in [-0.05, 0) is 35.6 Å². The van der Waals surface area contributed by atoms with Crippen LogP contribution in [0.2, 0.25) is 5.02 Å². The average molecular weight is 362 g/mol. The summed E-state index contributed by atoms with van der Waals surface area (Å²) >= 11 is 6.10. The lowest BCUT2D eigenvalue weighted by Gasteiger charge is -2.23. The van der Waals surface area contributed by atoms with Gasteiger partial charge in [-0.25, -0.2) is 4.79 Å². The van der Waals surface area contributed by atoms with Crippen LogP contribution >= 0.6 is 11.6 Å². The topological polar surface area (TPSA) is 64.3 Å². The van der Waals surface area contributed by atoms with Gasteiger partial charge < -0.3 is 4.90 Å². The van der Waals surface area contributed by atoms with Crippen molar-refractivity contribution in [3.8, 4) is 0 Å². The van der Waals surface area contributed by atoms with Gasteiger partial charge in [-0.2, -0.15) is 0 Å². The van der Waals surface area contributed by atoms with E-state index in [1.807, 2.05) is 18.2 Å². The number of benzene rings is 1. The van der Waals surface area contributed by atoms with E-state index in [-0.39, 0.29) is 23.9 Å². The molecule has 0 bridgehead atoms. The molecule has 1 amide bonds. The zero-order valence-electron chi connectivity index (χ0n) is 14.2. The molecule has 1 atom stereocenters. The number of hydrogen-bond donors (Lipinski definition) is 0. The Morgan fingerprint density at radius 3 is 2.80 bits per heavy atom. The Balaban J connectivity index is 1.79. The van der Waals surface area contributed by atoms with Gasteiger partial charge in [0.05, 0.1) is 0 Å². The van der Waals surface area contributed by atoms with Crippen LogP contribution in [0.15, 0.2) is 40.1 Å². The van der Waals surface area contributed by atoms with E-state index in [4.69, 9.17) is 11.6 Å². The van der Waals surface area contributed by atoms with E-state index in [1.54, 1.807) is 4.90 Å². The number of nitrogens with zero attached hydrogens (tertiary/aromatic N) is 3. The fourth-order valence-electron chi connectivity index (χ4n) is 3.24. The SMILES string of the molecule is CC1CN(C(=O)Cn2ccc(=O)n(C)c2=O)CCc2ccc(Cl)cc21. The fraction of sp³-hybridized carbons (Fsp3) is 0.389. The Morgan fingerprint density at radius 1 is 1.28 bits per heavy atom. The van der Waals surface area contributed by atoms with Crippen molar-refractivity contribution in [1.29, 1.82) is 0 Å². The summed E-state index contributed by atoms with van der Waals surface area (Å²) in [5, 5.41) is 0.696. The summed E-state index contributed by atoms with van der Waals surface area (Å²) in [5.74, 6) is 0.0310. The normalized spacial score (nSPS) is 17.1. The minimum absolute atomic E-state index is 0.0726. The molecule has 2 aromatic rings. The lowest BCUT2D eigenvalue weighted by atomic mass is 9.95. The number of aromatic nitrogens is 2. The zero-order chi connectivity index (χ0) is 18.1. The minimum Gasteiger partial charge on any atom is -0.340 e. The first kappa shape index (κ1) is 17.5. The van der Waals surface area contributed by atoms with Crippen LogP contribution < -0.4 is 11.2 Å². The second kappa shape index (κ2) is 6.88. The predicted molar refractivity (Wildman–Crippen MR) is 96.1 cm³/mol. The molecule has 0 fully saturated rings. The number of fused-ring (bicyclic) bond motifs is 1. The van der Waals surface area contributed by atoms with E-state index in [1.165, 1.54) is 35.0 Å². The van der Waals surface area contributed by atoms with E-state index in [0.29, 0.717) is 18.1 Å². The van der Waals surface area contributed by atoms with Crippen molar-refractivity contribution in [1.82, 2.24) is 14.0 Å². The molecular weight excluding hydrogens is 342 g/mol. The van der Waals surface area contributed by atoms with Gasteiger partial charge in [-0.3, -0.25) is 18.7 Å². The molecule has 1 aliphatic rings. The number of hydrogen-bond acceptors (Lipinski definition) is 3. The molecule has 6 nitrogen and oxygen atoms in total. The quantitative estimate of drug-likeness (QED) is 0.812. The summed E-state index contributed by atoms with van der Waals surface area (Å²) in [5.41, 5.74) is 1.50. The third-order valence-electron chi connectivity index (χ3n) is 4.70. The molecule has 0 N–H and O–H groups in total. The third-order valence-corrected chi connectivity index (χ3v) is 4.94. The minimum atomic E-state index is -0.487. The van der Waals surface area contributed by atoms with Crippen LogP contribution in [0.5, 0.6) is 0 Å². The van der Waals surface area contributed by atoms with Crippen LogP contribution in [0.1, 0.15) is 24.0 Å². The van der Waals surface area contributed by atoms with Gasteiger partial charge >= 0.3 is 5.69 Å². The highest BCUT2D eigenvalue weighted by atomic mass is 35.5. The number of halogens is 1. The molecule has 132 valence electrons. The van der Waals surface area contributed by atoms with Crippen LogP contribution in [0.4, 0.5) is 0 Å². The van der Waals surface area contributed by atoms with Crippen molar-refractivity contribution < 1.29 is 4.79 Å². The van der Waals surface area contributed by atoms with Gasteiger partial charge in [-0.15, -0.1) is 0 Å². The number of carbonyl (C=O) groups is 1. The van der Waals surface area contributed by atoms with Crippen molar-refractivity contribution in [2.45, 2.75) is 25.8 Å².